The van der Waals surface area contributed by atoms with Crippen molar-refractivity contribution in [3.63, 3.8) is 0 Å². The number of benzene rings is 2. The van der Waals surface area contributed by atoms with Gasteiger partial charge in [-0.05, 0) is 61.0 Å². The van der Waals surface area contributed by atoms with Crippen molar-refractivity contribution in [3.05, 3.63) is 110 Å². The molecule has 0 radical (unpaired) electrons. The summed E-state index contributed by atoms with van der Waals surface area (Å²) < 4.78 is 15.0. The number of rotatable bonds is 4. The van der Waals surface area contributed by atoms with Crippen LogP contribution in [0.15, 0.2) is 71.7 Å². The molecule has 4 nitrogen and oxygen atoms in total. The third-order valence-corrected chi connectivity index (χ3v) is 4.89. The summed E-state index contributed by atoms with van der Waals surface area (Å²) in [6.07, 6.45) is 1.52. The van der Waals surface area contributed by atoms with E-state index in [-0.39, 0.29) is 11.1 Å². The Bertz CT molecular complexity index is 1300. The molecule has 0 saturated heterocycles. The molecule has 144 valence electrons. The summed E-state index contributed by atoms with van der Waals surface area (Å²) >= 11 is 6.09. The molecule has 4 rings (SSSR count). The molecule has 0 atom stereocenters. The second kappa shape index (κ2) is 7.60. The van der Waals surface area contributed by atoms with E-state index in [0.29, 0.717) is 22.6 Å². The largest absolute Gasteiger partial charge is 0.327 e. The van der Waals surface area contributed by atoms with E-state index in [1.807, 2.05) is 25.1 Å². The van der Waals surface area contributed by atoms with Crippen molar-refractivity contribution in [2.45, 2.75) is 13.5 Å². The fourth-order valence-electron chi connectivity index (χ4n) is 3.23. The van der Waals surface area contributed by atoms with E-state index < -0.39 is 17.0 Å². The minimum atomic E-state index is -0.461. The van der Waals surface area contributed by atoms with E-state index in [2.05, 4.69) is 4.98 Å². The first-order valence-electron chi connectivity index (χ1n) is 8.98. The maximum absolute atomic E-state index is 13.2. The lowest BCUT2D eigenvalue weighted by Gasteiger charge is -2.13. The van der Waals surface area contributed by atoms with Crippen molar-refractivity contribution in [1.29, 1.82) is 0 Å². The summed E-state index contributed by atoms with van der Waals surface area (Å²) in [5, 5.41) is 0.949. The summed E-state index contributed by atoms with van der Waals surface area (Å²) in [5.74, 6) is -0.907. The number of pyridine rings is 2. The van der Waals surface area contributed by atoms with E-state index >= 15 is 0 Å². The zero-order valence-electron chi connectivity index (χ0n) is 15.5. The third-order valence-electron chi connectivity index (χ3n) is 4.65. The number of ketones is 1. The Labute approximate surface area is 171 Å². The van der Waals surface area contributed by atoms with Gasteiger partial charge in [0, 0.05) is 29.0 Å². The number of hydrogen-bond acceptors (Lipinski definition) is 3. The van der Waals surface area contributed by atoms with Gasteiger partial charge in [0.15, 0.2) is 5.78 Å². The molecule has 0 N–H and O–H groups in total. The molecule has 0 unspecified atom stereocenters. The Morgan fingerprint density at radius 1 is 1.10 bits per heavy atom. The van der Waals surface area contributed by atoms with E-state index in [1.54, 1.807) is 22.8 Å². The lowest BCUT2D eigenvalue weighted by atomic mass is 10.0. The number of aromatic nitrogens is 2. The molecule has 4 aromatic rings. The molecule has 29 heavy (non-hydrogen) atoms. The Hall–Kier alpha value is -3.31. The Kier molecular flexibility index (Phi) is 4.99. The summed E-state index contributed by atoms with van der Waals surface area (Å²) in [5.41, 5.74) is 2.02. The van der Waals surface area contributed by atoms with Crippen LogP contribution in [0, 0.1) is 12.7 Å². The average Bonchev–Trinajstić information content (AvgIpc) is 2.70. The summed E-state index contributed by atoms with van der Waals surface area (Å²) in [4.78, 5) is 30.5. The van der Waals surface area contributed by atoms with Crippen LogP contribution in [-0.4, -0.2) is 15.3 Å². The predicted molar refractivity (Wildman–Crippen MR) is 111 cm³/mol. The number of carbonyl (C=O) groups is 1. The second-order valence-electron chi connectivity index (χ2n) is 6.79. The molecule has 0 bridgehead atoms. The van der Waals surface area contributed by atoms with Crippen molar-refractivity contribution < 1.29 is 9.18 Å². The standard InChI is InChI=1S/C23H16ClFN2O2/c1-14-5-10-19-22(29)20(21(28)16-6-8-18(25)9-7-16)13-27(23(19)26-14)12-15-3-2-4-17(24)11-15/h2-11,13H,12H2,1H3. The maximum atomic E-state index is 13.2. The first kappa shape index (κ1) is 19.0. The van der Waals surface area contributed by atoms with E-state index in [9.17, 15) is 14.0 Å². The van der Waals surface area contributed by atoms with Crippen LogP contribution in [0.1, 0.15) is 27.2 Å². The van der Waals surface area contributed by atoms with Crippen LogP contribution in [0.4, 0.5) is 4.39 Å². The van der Waals surface area contributed by atoms with Gasteiger partial charge in [0.2, 0.25) is 5.43 Å². The molecular formula is C23H16ClFN2O2. The second-order valence-corrected chi connectivity index (χ2v) is 7.23. The van der Waals surface area contributed by atoms with Gasteiger partial charge in [-0.15, -0.1) is 0 Å². The summed E-state index contributed by atoms with van der Waals surface area (Å²) in [7, 11) is 0. The SMILES string of the molecule is Cc1ccc2c(=O)c(C(=O)c3ccc(F)cc3)cn(Cc3cccc(Cl)c3)c2n1. The monoisotopic (exact) mass is 406 g/mol. The first-order chi connectivity index (χ1) is 13.9. The fraction of sp³-hybridized carbons (Fsp3) is 0.0870. The summed E-state index contributed by atoms with van der Waals surface area (Å²) in [6.45, 7) is 2.22. The van der Waals surface area contributed by atoms with Gasteiger partial charge in [-0.2, -0.15) is 0 Å². The van der Waals surface area contributed by atoms with E-state index in [1.165, 1.54) is 30.5 Å². The van der Waals surface area contributed by atoms with E-state index in [0.717, 1.165) is 11.3 Å². The number of nitrogens with zero attached hydrogens (tertiary/aromatic N) is 2. The van der Waals surface area contributed by atoms with Crippen molar-refractivity contribution >= 4 is 28.4 Å². The van der Waals surface area contributed by atoms with Gasteiger partial charge in [0.25, 0.3) is 0 Å². The van der Waals surface area contributed by atoms with Gasteiger partial charge in [0.05, 0.1) is 10.9 Å². The van der Waals surface area contributed by atoms with Gasteiger partial charge >= 0.3 is 0 Å². The normalized spacial score (nSPS) is 11.0. The molecule has 0 fully saturated rings. The Morgan fingerprint density at radius 2 is 1.86 bits per heavy atom. The molecule has 2 heterocycles. The van der Waals surface area contributed by atoms with Gasteiger partial charge < -0.3 is 4.57 Å². The highest BCUT2D eigenvalue weighted by atomic mass is 35.5. The van der Waals surface area contributed by atoms with Crippen molar-refractivity contribution in [3.8, 4) is 0 Å². The lowest BCUT2D eigenvalue weighted by Crippen LogP contribution is -2.21. The molecule has 0 aliphatic heterocycles. The molecule has 6 heteroatoms. The number of halogens is 2. The van der Waals surface area contributed by atoms with Crippen LogP contribution in [-0.2, 0) is 6.54 Å². The Morgan fingerprint density at radius 3 is 2.59 bits per heavy atom. The third kappa shape index (κ3) is 3.82. The predicted octanol–water partition coefficient (Wildman–Crippen LogP) is 4.78. The highest BCUT2D eigenvalue weighted by Crippen LogP contribution is 2.17. The van der Waals surface area contributed by atoms with Crippen molar-refractivity contribution in [2.24, 2.45) is 0 Å². The van der Waals surface area contributed by atoms with Gasteiger partial charge in [-0.1, -0.05) is 23.7 Å². The number of fused-ring (bicyclic) bond motifs is 1. The summed E-state index contributed by atoms with van der Waals surface area (Å²) in [6, 6.07) is 15.9. The average molecular weight is 407 g/mol. The lowest BCUT2D eigenvalue weighted by molar-refractivity contribution is 0.103. The molecule has 2 aromatic heterocycles. The topological polar surface area (TPSA) is 52.0 Å². The zero-order valence-corrected chi connectivity index (χ0v) is 16.3. The fourth-order valence-corrected chi connectivity index (χ4v) is 3.44. The number of aryl methyl sites for hydroxylation is 1. The van der Waals surface area contributed by atoms with Crippen LogP contribution >= 0.6 is 11.6 Å². The molecule has 0 saturated carbocycles. The van der Waals surface area contributed by atoms with Crippen molar-refractivity contribution in [2.75, 3.05) is 0 Å². The number of hydrogen-bond donors (Lipinski definition) is 0. The van der Waals surface area contributed by atoms with Crippen LogP contribution in [0.5, 0.6) is 0 Å². The van der Waals surface area contributed by atoms with Gasteiger partial charge in [0.1, 0.15) is 11.5 Å². The minimum absolute atomic E-state index is 0.0109. The van der Waals surface area contributed by atoms with Crippen LogP contribution in [0.25, 0.3) is 11.0 Å². The van der Waals surface area contributed by atoms with Crippen LogP contribution < -0.4 is 5.43 Å². The van der Waals surface area contributed by atoms with Crippen LogP contribution in [0.3, 0.4) is 0 Å². The molecule has 0 amide bonds. The highest BCUT2D eigenvalue weighted by molar-refractivity contribution is 6.30. The smallest absolute Gasteiger partial charge is 0.202 e. The molecule has 0 aliphatic rings. The molecule has 0 spiro atoms. The van der Waals surface area contributed by atoms with Crippen LogP contribution in [0.2, 0.25) is 5.02 Å². The highest BCUT2D eigenvalue weighted by Gasteiger charge is 2.18. The zero-order chi connectivity index (χ0) is 20.5. The molecule has 2 aromatic carbocycles. The van der Waals surface area contributed by atoms with Crippen molar-refractivity contribution in [1.82, 2.24) is 9.55 Å². The quantitative estimate of drug-likeness (QED) is 0.458. The Balaban J connectivity index is 1.90. The first-order valence-corrected chi connectivity index (χ1v) is 9.36. The molecule has 0 aliphatic carbocycles. The minimum Gasteiger partial charge on any atom is -0.327 e. The maximum Gasteiger partial charge on any atom is 0.202 e. The molecular weight excluding hydrogens is 391 g/mol. The van der Waals surface area contributed by atoms with Gasteiger partial charge in [-0.25, -0.2) is 9.37 Å². The number of carbonyl (C=O) groups excluding carboxylic acids is 1. The van der Waals surface area contributed by atoms with E-state index in [4.69, 9.17) is 11.6 Å². The van der Waals surface area contributed by atoms with Gasteiger partial charge in [-0.3, -0.25) is 9.59 Å².